The van der Waals surface area contributed by atoms with Crippen LogP contribution in [0.2, 0.25) is 0 Å². The van der Waals surface area contributed by atoms with Gasteiger partial charge in [-0.15, -0.1) is 8.99 Å². The fourth-order valence-electron chi connectivity index (χ4n) is 0.477. The van der Waals surface area contributed by atoms with Crippen LogP contribution in [0, 0.1) is 0 Å². The molecule has 0 aromatic carbocycles. The number of halogens is 1. The second-order valence-electron chi connectivity index (χ2n) is 2.17. The summed E-state index contributed by atoms with van der Waals surface area (Å²) >= 11 is 0. The van der Waals surface area contributed by atoms with Gasteiger partial charge in [0.2, 0.25) is 7.44 Å². The molecule has 2 N–H and O–H groups in total. The molecule has 0 saturated carbocycles. The number of rotatable bonds is 5. The first kappa shape index (κ1) is 13.9. The lowest BCUT2D eigenvalue weighted by atomic mass is 11.8. The minimum absolute atomic E-state index is 0.667. The van der Waals surface area contributed by atoms with Crippen LogP contribution in [0.15, 0.2) is 0 Å². The molecule has 0 radical (unpaired) electrons. The second-order valence-corrected chi connectivity index (χ2v) is 7.59. The van der Waals surface area contributed by atoms with E-state index in [0.29, 0.717) is 6.66 Å². The van der Waals surface area contributed by atoms with Crippen LogP contribution in [-0.2, 0) is 29.5 Å². The Morgan fingerprint density at radius 1 is 1.21 bits per heavy atom. The maximum absolute atomic E-state index is 12.0. The lowest BCUT2D eigenvalue weighted by Gasteiger charge is -2.11. The molecular weight excluding hydrogens is 262 g/mol. The first-order valence-corrected chi connectivity index (χ1v) is 7.83. The molecule has 0 amide bonds. The average molecular weight is 270 g/mol. The van der Waals surface area contributed by atoms with Crippen molar-refractivity contribution in [3.8, 4) is 0 Å². The summed E-state index contributed by atoms with van der Waals surface area (Å²) < 4.78 is 70.5. The molecule has 0 fully saturated rings. The van der Waals surface area contributed by atoms with Crippen LogP contribution in [0.5, 0.6) is 0 Å². The molecule has 0 aliphatic carbocycles. The Morgan fingerprint density at radius 2 is 1.64 bits per heavy atom. The van der Waals surface area contributed by atoms with Crippen LogP contribution in [0.25, 0.3) is 0 Å². The predicted molar refractivity (Wildman–Crippen MR) is 45.8 cm³/mol. The molecule has 8 nitrogen and oxygen atoms in total. The fraction of sp³-hybridized carbons (Fsp3) is 1.00. The molecule has 1 atom stereocenters. The molecule has 0 heterocycles. The van der Waals surface area contributed by atoms with Crippen molar-refractivity contribution in [3.05, 3.63) is 0 Å². The lowest BCUT2D eigenvalue weighted by molar-refractivity contribution is 0.394. The van der Waals surface area contributed by atoms with E-state index in [4.69, 9.17) is 0 Å². The van der Waals surface area contributed by atoms with E-state index in [0.717, 1.165) is 11.6 Å². The lowest BCUT2D eigenvalue weighted by Crippen LogP contribution is -2.29. The summed E-state index contributed by atoms with van der Waals surface area (Å²) in [6.07, 6.45) is 0. The molecule has 0 saturated heterocycles. The summed E-state index contributed by atoms with van der Waals surface area (Å²) in [7, 11) is -13.0. The summed E-state index contributed by atoms with van der Waals surface area (Å²) in [5.74, 6) is 0. The van der Waals surface area contributed by atoms with Gasteiger partial charge in [0.05, 0.1) is 7.11 Å². The highest BCUT2D eigenvalue weighted by molar-refractivity contribution is 7.97. The Kier molecular flexibility index (Phi) is 4.19. The molecule has 12 heteroatoms. The van der Waals surface area contributed by atoms with Gasteiger partial charge in [0.15, 0.2) is 0 Å². The minimum Gasteiger partial charge on any atom is -0.287 e. The average Bonchev–Trinajstić information content (AvgIpc) is 1.78. The van der Waals surface area contributed by atoms with Gasteiger partial charge in [-0.1, -0.05) is 3.89 Å². The molecule has 0 aromatic rings. The normalized spacial score (nSPS) is 17.6. The van der Waals surface area contributed by atoms with Gasteiger partial charge in [-0.05, 0) is 0 Å². The minimum atomic E-state index is -5.26. The van der Waals surface area contributed by atoms with E-state index in [1.807, 2.05) is 0 Å². The standard InChI is InChI=1S/C2H8FN2O6PS2/c1-11-14(9,10)5-12(2,6)4-13(3,7)8/h1-2H3,(H2,4,5,6). The predicted octanol–water partition coefficient (Wildman–Crippen LogP) is -0.906. The largest absolute Gasteiger partial charge is 0.379 e. The van der Waals surface area contributed by atoms with Crippen molar-refractivity contribution in [1.29, 1.82) is 0 Å². The third-order valence-corrected chi connectivity index (χ3v) is 5.78. The third kappa shape index (κ3) is 6.40. The Bertz CT molecular complexity index is 440. The summed E-state index contributed by atoms with van der Waals surface area (Å²) in [5.41, 5.74) is 0. The first-order chi connectivity index (χ1) is 5.97. The third-order valence-electron chi connectivity index (χ3n) is 0.789. The molecule has 1 unspecified atom stereocenters. The highest BCUT2D eigenvalue weighted by atomic mass is 32.3. The highest BCUT2D eigenvalue weighted by Crippen LogP contribution is 2.33. The first-order valence-electron chi connectivity index (χ1n) is 2.88. The van der Waals surface area contributed by atoms with Crippen molar-refractivity contribution in [3.63, 3.8) is 0 Å². The molecule has 0 bridgehead atoms. The van der Waals surface area contributed by atoms with Gasteiger partial charge in [-0.3, -0.25) is 8.75 Å². The van der Waals surface area contributed by atoms with Crippen LogP contribution >= 0.6 is 7.44 Å². The molecule has 86 valence electrons. The Balaban J connectivity index is 4.78. The summed E-state index contributed by atoms with van der Waals surface area (Å²) in [6, 6.07) is 0. The molecular formula is C2H8FN2O6PS2. The van der Waals surface area contributed by atoms with Crippen molar-refractivity contribution in [2.24, 2.45) is 0 Å². The molecule has 0 aromatic heterocycles. The van der Waals surface area contributed by atoms with Crippen LogP contribution in [0.3, 0.4) is 0 Å². The van der Waals surface area contributed by atoms with E-state index in [2.05, 4.69) is 4.18 Å². The van der Waals surface area contributed by atoms with E-state index < -0.39 is 28.2 Å². The number of nitrogens with one attached hydrogen (secondary N) is 2. The Labute approximate surface area is 80.9 Å². The van der Waals surface area contributed by atoms with Gasteiger partial charge in [0.25, 0.3) is 0 Å². The Morgan fingerprint density at radius 3 is 1.93 bits per heavy atom. The number of hydrogen-bond donors (Lipinski definition) is 2. The van der Waals surface area contributed by atoms with Gasteiger partial charge in [0.1, 0.15) is 0 Å². The van der Waals surface area contributed by atoms with Gasteiger partial charge in [-0.25, -0.2) is 0 Å². The van der Waals surface area contributed by atoms with Crippen molar-refractivity contribution in [1.82, 2.24) is 8.99 Å². The number of hydrogen-bond acceptors (Lipinski definition) is 6. The van der Waals surface area contributed by atoms with Crippen molar-refractivity contribution in [2.75, 3.05) is 13.8 Å². The summed E-state index contributed by atoms with van der Waals surface area (Å²) in [4.78, 5) is 0. The van der Waals surface area contributed by atoms with Gasteiger partial charge < -0.3 is 0 Å². The zero-order chi connectivity index (χ0) is 11.6. The van der Waals surface area contributed by atoms with Gasteiger partial charge in [0, 0.05) is 6.66 Å². The summed E-state index contributed by atoms with van der Waals surface area (Å²) in [5, 5.41) is 0. The van der Waals surface area contributed by atoms with Crippen LogP contribution in [-0.4, -0.2) is 30.6 Å². The van der Waals surface area contributed by atoms with E-state index >= 15 is 0 Å². The summed E-state index contributed by atoms with van der Waals surface area (Å²) in [6.45, 7) is 0.667. The second kappa shape index (κ2) is 4.21. The van der Waals surface area contributed by atoms with E-state index in [1.54, 1.807) is 0 Å². The van der Waals surface area contributed by atoms with Crippen molar-refractivity contribution in [2.45, 2.75) is 0 Å². The topological polar surface area (TPSA) is 119 Å². The van der Waals surface area contributed by atoms with E-state index in [1.165, 1.54) is 4.49 Å². The molecule has 0 spiro atoms. The molecule has 0 rings (SSSR count). The maximum atomic E-state index is 12.0. The zero-order valence-corrected chi connectivity index (χ0v) is 9.62. The van der Waals surface area contributed by atoms with Crippen LogP contribution < -0.4 is 8.99 Å². The quantitative estimate of drug-likeness (QED) is 0.493. The molecule has 14 heavy (non-hydrogen) atoms. The molecule has 0 aliphatic rings. The van der Waals surface area contributed by atoms with Gasteiger partial charge in [-0.2, -0.15) is 16.8 Å². The monoisotopic (exact) mass is 270 g/mol. The smallest absolute Gasteiger partial charge is 0.287 e. The van der Waals surface area contributed by atoms with E-state index in [-0.39, 0.29) is 0 Å². The van der Waals surface area contributed by atoms with E-state index in [9.17, 15) is 25.3 Å². The molecule has 0 aliphatic heterocycles. The van der Waals surface area contributed by atoms with Crippen LogP contribution in [0.1, 0.15) is 0 Å². The van der Waals surface area contributed by atoms with Crippen molar-refractivity contribution >= 4 is 28.2 Å². The zero-order valence-electron chi connectivity index (χ0n) is 7.09. The fourth-order valence-corrected chi connectivity index (χ4v) is 4.63. The maximum Gasteiger partial charge on any atom is 0.379 e. The van der Waals surface area contributed by atoms with Gasteiger partial charge >= 0.3 is 20.7 Å². The van der Waals surface area contributed by atoms with Crippen molar-refractivity contribution < 1.29 is 29.5 Å². The Hall–Kier alpha value is -0.0600. The SMILES string of the molecule is COS(=O)(=O)NP(C)(=O)NS(=O)(=O)F. The highest BCUT2D eigenvalue weighted by Gasteiger charge is 2.28. The van der Waals surface area contributed by atoms with Crippen LogP contribution in [0.4, 0.5) is 3.89 Å².